The van der Waals surface area contributed by atoms with Crippen LogP contribution in [0.5, 0.6) is 0 Å². The van der Waals surface area contributed by atoms with Gasteiger partial charge in [0.05, 0.1) is 6.42 Å². The van der Waals surface area contributed by atoms with E-state index in [4.69, 9.17) is 0 Å². The molecule has 2 amide bonds. The molecule has 0 aromatic heterocycles. The van der Waals surface area contributed by atoms with Crippen molar-refractivity contribution >= 4 is 11.8 Å². The van der Waals surface area contributed by atoms with Crippen molar-refractivity contribution in [1.29, 1.82) is 0 Å². The molecule has 1 unspecified atom stereocenters. The number of hydrogen-bond donors (Lipinski definition) is 2. The second-order valence-electron chi connectivity index (χ2n) is 4.69. The molecule has 0 radical (unpaired) electrons. The third-order valence-electron chi connectivity index (χ3n) is 3.15. The van der Waals surface area contributed by atoms with Crippen LogP contribution in [0.3, 0.4) is 0 Å². The minimum Gasteiger partial charge on any atom is -0.357 e. The maximum Gasteiger partial charge on any atom is 0.246 e. The number of benzene rings is 2. The standard InChI is InChI=1S/C17H18N2O2/c1-18-17(21)16(14-10-6-3-7-11-14)19-15(20)12-13-8-4-2-5-9-13/h2-11,16H,12H2,1H3,(H,18,21)(H,19,20). The number of carbonyl (C=O) groups is 2. The van der Waals surface area contributed by atoms with Gasteiger partial charge in [-0.1, -0.05) is 60.7 Å². The van der Waals surface area contributed by atoms with Crippen molar-refractivity contribution in [3.05, 3.63) is 71.8 Å². The normalized spacial score (nSPS) is 11.5. The highest BCUT2D eigenvalue weighted by molar-refractivity contribution is 5.89. The third kappa shape index (κ3) is 4.18. The summed E-state index contributed by atoms with van der Waals surface area (Å²) < 4.78 is 0. The Labute approximate surface area is 124 Å². The molecule has 0 saturated carbocycles. The van der Waals surface area contributed by atoms with Crippen molar-refractivity contribution in [1.82, 2.24) is 10.6 Å². The summed E-state index contributed by atoms with van der Waals surface area (Å²) in [4.78, 5) is 24.1. The van der Waals surface area contributed by atoms with Crippen LogP contribution < -0.4 is 10.6 Å². The van der Waals surface area contributed by atoms with Gasteiger partial charge in [0.15, 0.2) is 0 Å². The van der Waals surface area contributed by atoms with E-state index in [1.54, 1.807) is 7.05 Å². The molecule has 4 nitrogen and oxygen atoms in total. The molecule has 0 fully saturated rings. The van der Waals surface area contributed by atoms with Gasteiger partial charge in [0.25, 0.3) is 0 Å². The highest BCUT2D eigenvalue weighted by Crippen LogP contribution is 2.13. The van der Waals surface area contributed by atoms with Crippen LogP contribution in [0.15, 0.2) is 60.7 Å². The number of likely N-dealkylation sites (N-methyl/N-ethyl adjacent to an activating group) is 1. The van der Waals surface area contributed by atoms with E-state index in [1.165, 1.54) is 0 Å². The largest absolute Gasteiger partial charge is 0.357 e. The van der Waals surface area contributed by atoms with Gasteiger partial charge in [-0.25, -0.2) is 0 Å². The third-order valence-corrected chi connectivity index (χ3v) is 3.15. The predicted octanol–water partition coefficient (Wildman–Crippen LogP) is 1.83. The lowest BCUT2D eigenvalue weighted by Crippen LogP contribution is -2.39. The molecule has 21 heavy (non-hydrogen) atoms. The van der Waals surface area contributed by atoms with Crippen molar-refractivity contribution in [2.75, 3.05) is 7.05 Å². The first-order valence-electron chi connectivity index (χ1n) is 6.80. The van der Waals surface area contributed by atoms with Crippen LogP contribution >= 0.6 is 0 Å². The fourth-order valence-corrected chi connectivity index (χ4v) is 2.08. The Morgan fingerprint density at radius 3 is 2.10 bits per heavy atom. The summed E-state index contributed by atoms with van der Waals surface area (Å²) in [6.45, 7) is 0. The molecule has 108 valence electrons. The molecule has 0 aliphatic carbocycles. The molecule has 2 rings (SSSR count). The Balaban J connectivity index is 2.09. The van der Waals surface area contributed by atoms with Crippen LogP contribution in [0.25, 0.3) is 0 Å². The first-order chi connectivity index (χ1) is 10.2. The summed E-state index contributed by atoms with van der Waals surface area (Å²) >= 11 is 0. The topological polar surface area (TPSA) is 58.2 Å². The lowest BCUT2D eigenvalue weighted by Gasteiger charge is -2.17. The van der Waals surface area contributed by atoms with E-state index in [0.717, 1.165) is 11.1 Å². The van der Waals surface area contributed by atoms with E-state index in [9.17, 15) is 9.59 Å². The average Bonchev–Trinajstić information content (AvgIpc) is 2.53. The molecular weight excluding hydrogens is 264 g/mol. The minimum absolute atomic E-state index is 0.182. The smallest absolute Gasteiger partial charge is 0.246 e. The van der Waals surface area contributed by atoms with E-state index in [1.807, 2.05) is 60.7 Å². The Kier molecular flexibility index (Phi) is 5.10. The van der Waals surface area contributed by atoms with Gasteiger partial charge in [-0.2, -0.15) is 0 Å². The van der Waals surface area contributed by atoms with Gasteiger partial charge in [-0.3, -0.25) is 9.59 Å². The SMILES string of the molecule is CNC(=O)C(NC(=O)Cc1ccccc1)c1ccccc1. The first kappa shape index (κ1) is 14.8. The van der Waals surface area contributed by atoms with Crippen LogP contribution in [0, 0.1) is 0 Å². The number of amides is 2. The molecule has 0 aliphatic heterocycles. The van der Waals surface area contributed by atoms with Crippen molar-refractivity contribution < 1.29 is 9.59 Å². The zero-order valence-corrected chi connectivity index (χ0v) is 11.9. The summed E-state index contributed by atoms with van der Waals surface area (Å²) in [6, 6.07) is 18.0. The summed E-state index contributed by atoms with van der Waals surface area (Å²) in [5, 5.41) is 5.36. The molecule has 0 spiro atoms. The number of carbonyl (C=O) groups excluding carboxylic acids is 2. The number of rotatable bonds is 5. The second-order valence-corrected chi connectivity index (χ2v) is 4.69. The zero-order valence-electron chi connectivity index (χ0n) is 11.9. The molecule has 0 aliphatic rings. The van der Waals surface area contributed by atoms with Crippen molar-refractivity contribution in [2.24, 2.45) is 0 Å². The molecule has 0 saturated heterocycles. The van der Waals surface area contributed by atoms with Gasteiger partial charge in [-0.05, 0) is 11.1 Å². The lowest BCUT2D eigenvalue weighted by molar-refractivity contribution is -0.128. The van der Waals surface area contributed by atoms with Crippen LogP contribution in [-0.4, -0.2) is 18.9 Å². The molecule has 2 aromatic carbocycles. The van der Waals surface area contributed by atoms with Crippen LogP contribution in [-0.2, 0) is 16.0 Å². The Hall–Kier alpha value is -2.62. The summed E-state index contributed by atoms with van der Waals surface area (Å²) in [5.41, 5.74) is 1.68. The van der Waals surface area contributed by atoms with E-state index in [2.05, 4.69) is 10.6 Å². The Morgan fingerprint density at radius 1 is 0.952 bits per heavy atom. The van der Waals surface area contributed by atoms with Crippen molar-refractivity contribution in [2.45, 2.75) is 12.5 Å². The van der Waals surface area contributed by atoms with Crippen molar-refractivity contribution in [3.63, 3.8) is 0 Å². The maximum absolute atomic E-state index is 12.1. The molecule has 0 bridgehead atoms. The van der Waals surface area contributed by atoms with E-state index in [-0.39, 0.29) is 18.2 Å². The Bertz CT molecular complexity index is 597. The molecule has 2 N–H and O–H groups in total. The fraction of sp³-hybridized carbons (Fsp3) is 0.176. The van der Waals surface area contributed by atoms with Gasteiger partial charge in [0.1, 0.15) is 6.04 Å². The molecular formula is C17H18N2O2. The van der Waals surface area contributed by atoms with Gasteiger partial charge in [0.2, 0.25) is 11.8 Å². The summed E-state index contributed by atoms with van der Waals surface area (Å²) in [7, 11) is 1.56. The second kappa shape index (κ2) is 7.24. The monoisotopic (exact) mass is 282 g/mol. The molecule has 4 heteroatoms. The van der Waals surface area contributed by atoms with Gasteiger partial charge in [-0.15, -0.1) is 0 Å². The maximum atomic E-state index is 12.1. The summed E-state index contributed by atoms with van der Waals surface area (Å²) in [6.07, 6.45) is 0.251. The quantitative estimate of drug-likeness (QED) is 0.879. The highest BCUT2D eigenvalue weighted by Gasteiger charge is 2.21. The molecule has 0 heterocycles. The van der Waals surface area contributed by atoms with Crippen LogP contribution in [0.2, 0.25) is 0 Å². The summed E-state index contributed by atoms with van der Waals surface area (Å²) in [5.74, 6) is -0.415. The van der Waals surface area contributed by atoms with Crippen molar-refractivity contribution in [3.8, 4) is 0 Å². The van der Waals surface area contributed by atoms with Crippen LogP contribution in [0.1, 0.15) is 17.2 Å². The average molecular weight is 282 g/mol. The van der Waals surface area contributed by atoms with E-state index in [0.29, 0.717) is 0 Å². The highest BCUT2D eigenvalue weighted by atomic mass is 16.2. The predicted molar refractivity (Wildman–Crippen MR) is 81.5 cm³/mol. The van der Waals surface area contributed by atoms with Gasteiger partial charge < -0.3 is 10.6 Å². The zero-order chi connectivity index (χ0) is 15.1. The van der Waals surface area contributed by atoms with E-state index >= 15 is 0 Å². The van der Waals surface area contributed by atoms with Crippen LogP contribution in [0.4, 0.5) is 0 Å². The first-order valence-corrected chi connectivity index (χ1v) is 6.80. The number of nitrogens with one attached hydrogen (secondary N) is 2. The van der Waals surface area contributed by atoms with Gasteiger partial charge in [0, 0.05) is 7.05 Å². The van der Waals surface area contributed by atoms with Gasteiger partial charge >= 0.3 is 0 Å². The fourth-order valence-electron chi connectivity index (χ4n) is 2.08. The lowest BCUT2D eigenvalue weighted by atomic mass is 10.1. The number of hydrogen-bond acceptors (Lipinski definition) is 2. The van der Waals surface area contributed by atoms with E-state index < -0.39 is 6.04 Å². The minimum atomic E-state index is -0.674. The molecule has 1 atom stereocenters. The molecule has 2 aromatic rings. The Morgan fingerprint density at radius 2 is 1.52 bits per heavy atom.